The zero-order valence-electron chi connectivity index (χ0n) is 14.4. The van der Waals surface area contributed by atoms with Crippen molar-refractivity contribution in [1.82, 2.24) is 9.88 Å². The first-order chi connectivity index (χ1) is 12.6. The summed E-state index contributed by atoms with van der Waals surface area (Å²) in [5, 5.41) is 9.38. The minimum Gasteiger partial charge on any atom is -0.489 e. The van der Waals surface area contributed by atoms with Gasteiger partial charge < -0.3 is 19.5 Å². The Morgan fingerprint density at radius 2 is 2.15 bits per heavy atom. The van der Waals surface area contributed by atoms with E-state index in [0.717, 1.165) is 5.56 Å². The maximum Gasteiger partial charge on any atom is 0.326 e. The minimum atomic E-state index is -1.03. The molecule has 0 radical (unpaired) electrons. The molecule has 2 atom stereocenters. The summed E-state index contributed by atoms with van der Waals surface area (Å²) < 4.78 is 10.9. The number of ether oxygens (including phenoxy) is 2. The van der Waals surface area contributed by atoms with Crippen molar-refractivity contribution in [3.8, 4) is 5.75 Å². The van der Waals surface area contributed by atoms with Crippen molar-refractivity contribution in [1.29, 1.82) is 0 Å². The molecule has 0 aliphatic carbocycles. The van der Waals surface area contributed by atoms with Gasteiger partial charge in [0.25, 0.3) is 5.91 Å². The standard InChI is InChI=1S/C19H20N2O5/c1-25-16-9-17(19(23)24)21(11-16)18(22)14-5-2-6-15(8-14)26-12-13-4-3-7-20-10-13/h2-8,10,16-17H,9,11-12H2,1H3,(H,23,24). The number of hydrogen-bond acceptors (Lipinski definition) is 5. The molecule has 136 valence electrons. The number of likely N-dealkylation sites (tertiary alicyclic amines) is 1. The Balaban J connectivity index is 1.72. The summed E-state index contributed by atoms with van der Waals surface area (Å²) in [6.45, 7) is 0.589. The Labute approximate surface area is 151 Å². The number of benzene rings is 1. The number of carboxylic acid groups (broad SMARTS) is 1. The normalized spacial score (nSPS) is 19.3. The number of methoxy groups -OCH3 is 1. The van der Waals surface area contributed by atoms with Crippen molar-refractivity contribution < 1.29 is 24.2 Å². The van der Waals surface area contributed by atoms with E-state index < -0.39 is 12.0 Å². The summed E-state index contributed by atoms with van der Waals surface area (Å²) in [7, 11) is 1.52. The van der Waals surface area contributed by atoms with Gasteiger partial charge in [0.1, 0.15) is 18.4 Å². The van der Waals surface area contributed by atoms with Crippen molar-refractivity contribution in [2.24, 2.45) is 0 Å². The van der Waals surface area contributed by atoms with Crippen LogP contribution in [0, 0.1) is 0 Å². The minimum absolute atomic E-state index is 0.257. The molecule has 1 N–H and O–H groups in total. The lowest BCUT2D eigenvalue weighted by molar-refractivity contribution is -0.141. The fraction of sp³-hybridized carbons (Fsp3) is 0.316. The number of aliphatic carboxylic acids is 1. The highest BCUT2D eigenvalue weighted by Crippen LogP contribution is 2.24. The van der Waals surface area contributed by atoms with Gasteiger partial charge in [-0.3, -0.25) is 9.78 Å². The first-order valence-electron chi connectivity index (χ1n) is 8.27. The van der Waals surface area contributed by atoms with E-state index in [1.807, 2.05) is 12.1 Å². The van der Waals surface area contributed by atoms with Crippen molar-refractivity contribution in [3.05, 3.63) is 59.9 Å². The molecule has 2 unspecified atom stereocenters. The molecule has 26 heavy (non-hydrogen) atoms. The van der Waals surface area contributed by atoms with E-state index in [1.54, 1.807) is 36.7 Å². The Hall–Kier alpha value is -2.93. The van der Waals surface area contributed by atoms with E-state index in [9.17, 15) is 14.7 Å². The second-order valence-corrected chi connectivity index (χ2v) is 6.08. The monoisotopic (exact) mass is 356 g/mol. The van der Waals surface area contributed by atoms with Crippen LogP contribution in [-0.2, 0) is 16.1 Å². The average Bonchev–Trinajstić information content (AvgIpc) is 3.12. The number of hydrogen-bond donors (Lipinski definition) is 1. The number of carbonyl (C=O) groups is 2. The van der Waals surface area contributed by atoms with Gasteiger partial charge in [-0.25, -0.2) is 4.79 Å². The molecule has 2 heterocycles. The zero-order valence-corrected chi connectivity index (χ0v) is 14.4. The number of carbonyl (C=O) groups excluding carboxylic acids is 1. The highest BCUT2D eigenvalue weighted by Gasteiger charge is 2.40. The van der Waals surface area contributed by atoms with Crippen LogP contribution in [0.3, 0.4) is 0 Å². The number of rotatable bonds is 6. The predicted molar refractivity (Wildman–Crippen MR) is 92.9 cm³/mol. The highest BCUT2D eigenvalue weighted by molar-refractivity contribution is 5.97. The average molecular weight is 356 g/mol. The molecule has 0 saturated carbocycles. The van der Waals surface area contributed by atoms with Gasteiger partial charge in [0.05, 0.1) is 6.10 Å². The number of nitrogens with zero attached hydrogens (tertiary/aromatic N) is 2. The van der Waals surface area contributed by atoms with Gasteiger partial charge in [0.15, 0.2) is 0 Å². The van der Waals surface area contributed by atoms with E-state index in [4.69, 9.17) is 9.47 Å². The molecule has 1 aromatic carbocycles. The SMILES string of the molecule is COC1CC(C(=O)O)N(C(=O)c2cccc(OCc3cccnc3)c2)C1. The molecule has 7 nitrogen and oxygen atoms in total. The molecule has 3 rings (SSSR count). The van der Waals surface area contributed by atoms with Crippen molar-refractivity contribution in [3.63, 3.8) is 0 Å². The van der Waals surface area contributed by atoms with Crippen LogP contribution >= 0.6 is 0 Å². The molecular weight excluding hydrogens is 336 g/mol. The maximum atomic E-state index is 12.8. The Kier molecular flexibility index (Phi) is 5.48. The third-order valence-electron chi connectivity index (χ3n) is 4.35. The maximum absolute atomic E-state index is 12.8. The summed E-state index contributed by atoms with van der Waals surface area (Å²) in [6, 6.07) is 9.58. The molecule has 1 aliphatic rings. The summed E-state index contributed by atoms with van der Waals surface area (Å²) in [6.07, 6.45) is 3.41. The topological polar surface area (TPSA) is 89.0 Å². The quantitative estimate of drug-likeness (QED) is 0.851. The Morgan fingerprint density at radius 3 is 2.85 bits per heavy atom. The Bertz CT molecular complexity index is 781. The molecule has 1 aliphatic heterocycles. The fourth-order valence-electron chi connectivity index (χ4n) is 2.96. The molecule has 0 spiro atoms. The van der Waals surface area contributed by atoms with Gasteiger partial charge in [-0.1, -0.05) is 12.1 Å². The van der Waals surface area contributed by atoms with Gasteiger partial charge in [0.2, 0.25) is 0 Å². The first kappa shape index (κ1) is 17.9. The van der Waals surface area contributed by atoms with Crippen LogP contribution in [0.4, 0.5) is 0 Å². The summed E-state index contributed by atoms with van der Waals surface area (Å²) in [5.41, 5.74) is 1.30. The molecule has 1 aromatic heterocycles. The van der Waals surface area contributed by atoms with Gasteiger partial charge in [-0.15, -0.1) is 0 Å². The lowest BCUT2D eigenvalue weighted by atomic mass is 10.1. The van der Waals surface area contributed by atoms with E-state index >= 15 is 0 Å². The van der Waals surface area contributed by atoms with Crippen LogP contribution in [0.25, 0.3) is 0 Å². The van der Waals surface area contributed by atoms with Crippen molar-refractivity contribution >= 4 is 11.9 Å². The van der Waals surface area contributed by atoms with Crippen LogP contribution in [0.1, 0.15) is 22.3 Å². The van der Waals surface area contributed by atoms with Crippen LogP contribution in [0.15, 0.2) is 48.8 Å². The molecule has 2 aromatic rings. The van der Waals surface area contributed by atoms with Crippen LogP contribution in [0.2, 0.25) is 0 Å². The second-order valence-electron chi connectivity index (χ2n) is 6.08. The second kappa shape index (κ2) is 7.97. The number of amides is 1. The molecule has 1 saturated heterocycles. The molecule has 1 amide bonds. The molecule has 7 heteroatoms. The molecular formula is C19H20N2O5. The predicted octanol–water partition coefficient (Wildman–Crippen LogP) is 1.97. The number of carboxylic acids is 1. The van der Waals surface area contributed by atoms with Crippen molar-refractivity contribution in [2.45, 2.75) is 25.2 Å². The Morgan fingerprint density at radius 1 is 1.31 bits per heavy atom. The van der Waals surface area contributed by atoms with Gasteiger partial charge in [-0.05, 0) is 24.3 Å². The van der Waals surface area contributed by atoms with Gasteiger partial charge in [-0.2, -0.15) is 0 Å². The van der Waals surface area contributed by atoms with Crippen LogP contribution in [-0.4, -0.2) is 52.7 Å². The fourth-order valence-corrected chi connectivity index (χ4v) is 2.96. The largest absolute Gasteiger partial charge is 0.489 e. The zero-order chi connectivity index (χ0) is 18.5. The summed E-state index contributed by atoms with van der Waals surface area (Å²) >= 11 is 0. The van der Waals surface area contributed by atoms with Gasteiger partial charge >= 0.3 is 5.97 Å². The van der Waals surface area contributed by atoms with E-state index in [0.29, 0.717) is 17.9 Å². The third-order valence-corrected chi connectivity index (χ3v) is 4.35. The lowest BCUT2D eigenvalue weighted by Crippen LogP contribution is -2.40. The van der Waals surface area contributed by atoms with Crippen molar-refractivity contribution in [2.75, 3.05) is 13.7 Å². The van der Waals surface area contributed by atoms with E-state index in [-0.39, 0.29) is 25.0 Å². The number of aromatic nitrogens is 1. The highest BCUT2D eigenvalue weighted by atomic mass is 16.5. The third kappa shape index (κ3) is 4.00. The number of pyridine rings is 1. The van der Waals surface area contributed by atoms with Crippen LogP contribution < -0.4 is 4.74 Å². The van der Waals surface area contributed by atoms with E-state index in [2.05, 4.69) is 4.98 Å². The lowest BCUT2D eigenvalue weighted by Gasteiger charge is -2.21. The summed E-state index contributed by atoms with van der Waals surface area (Å²) in [4.78, 5) is 29.6. The first-order valence-corrected chi connectivity index (χ1v) is 8.27. The summed E-state index contributed by atoms with van der Waals surface area (Å²) in [5.74, 6) is -0.834. The van der Waals surface area contributed by atoms with Crippen LogP contribution in [0.5, 0.6) is 5.75 Å². The molecule has 1 fully saturated rings. The molecule has 0 bridgehead atoms. The van der Waals surface area contributed by atoms with E-state index in [1.165, 1.54) is 12.0 Å². The smallest absolute Gasteiger partial charge is 0.326 e. The van der Waals surface area contributed by atoms with Gasteiger partial charge in [0, 0.05) is 43.6 Å².